The first-order chi connectivity index (χ1) is 9.76. The maximum absolute atomic E-state index is 11.0. The summed E-state index contributed by atoms with van der Waals surface area (Å²) in [7, 11) is 0. The van der Waals surface area contributed by atoms with E-state index >= 15 is 0 Å². The molecular weight excluding hydrogens is 280 g/mol. The molecule has 9 heteroatoms. The molecule has 1 aromatic carbocycles. The van der Waals surface area contributed by atoms with Gasteiger partial charge >= 0.3 is 0 Å². The number of non-ortho nitro benzene ring substituents is 1. The molecule has 0 amide bonds. The smallest absolute Gasteiger partial charge is 0.299 e. The van der Waals surface area contributed by atoms with Gasteiger partial charge in [-0.3, -0.25) is 20.2 Å². The van der Waals surface area contributed by atoms with Gasteiger partial charge in [0.05, 0.1) is 28.2 Å². The zero-order chi connectivity index (χ0) is 16.0. The van der Waals surface area contributed by atoms with E-state index in [0.717, 1.165) is 6.07 Å². The summed E-state index contributed by atoms with van der Waals surface area (Å²) in [5.41, 5.74) is 4.43. The first-order valence-corrected chi connectivity index (χ1v) is 6.27. The summed E-state index contributed by atoms with van der Waals surface area (Å²) < 4.78 is 5.31. The Morgan fingerprint density at radius 2 is 1.95 bits per heavy atom. The lowest BCUT2D eigenvalue weighted by Gasteiger charge is -2.24. The maximum Gasteiger partial charge on any atom is 0.299 e. The molecule has 0 aliphatic rings. The predicted molar refractivity (Wildman–Crippen MR) is 77.1 cm³/mol. The minimum atomic E-state index is -0.672. The number of ether oxygens (including phenoxy) is 1. The van der Waals surface area contributed by atoms with Gasteiger partial charge in [0, 0.05) is 12.6 Å². The number of hydrogen-bond donors (Lipinski definition) is 2. The lowest BCUT2D eigenvalue weighted by atomic mass is 10.1. The molecule has 0 aromatic heterocycles. The number of benzene rings is 1. The van der Waals surface area contributed by atoms with Gasteiger partial charge in [-0.2, -0.15) is 0 Å². The molecule has 0 aliphatic carbocycles. The van der Waals surface area contributed by atoms with Gasteiger partial charge in [0.15, 0.2) is 0 Å². The van der Waals surface area contributed by atoms with E-state index in [1.54, 1.807) is 0 Å². The lowest BCUT2D eigenvalue weighted by Crippen LogP contribution is -2.30. The highest BCUT2D eigenvalue weighted by molar-refractivity contribution is 5.65. The second-order valence-corrected chi connectivity index (χ2v) is 4.96. The summed E-state index contributed by atoms with van der Waals surface area (Å²) in [6.07, 6.45) is 0.568. The number of nitrogens with zero attached hydrogens (tertiary/aromatic N) is 2. The van der Waals surface area contributed by atoms with E-state index in [1.165, 1.54) is 12.1 Å². The summed E-state index contributed by atoms with van der Waals surface area (Å²) in [6.45, 7) is 4.20. The van der Waals surface area contributed by atoms with E-state index in [9.17, 15) is 20.2 Å². The Morgan fingerprint density at radius 3 is 2.48 bits per heavy atom. The summed E-state index contributed by atoms with van der Waals surface area (Å²) in [4.78, 5) is 20.3. The van der Waals surface area contributed by atoms with Crippen LogP contribution in [0.3, 0.4) is 0 Å². The second kappa shape index (κ2) is 6.95. The van der Waals surface area contributed by atoms with Gasteiger partial charge in [-0.1, -0.05) is 0 Å². The van der Waals surface area contributed by atoms with Gasteiger partial charge in [-0.25, -0.2) is 0 Å². The molecule has 0 radical (unpaired) electrons. The first-order valence-electron chi connectivity index (χ1n) is 6.27. The number of anilines is 1. The van der Waals surface area contributed by atoms with Crippen LogP contribution >= 0.6 is 0 Å². The van der Waals surface area contributed by atoms with Crippen LogP contribution in [0.5, 0.6) is 0 Å². The number of nitro groups is 2. The molecule has 0 spiro atoms. The van der Waals surface area contributed by atoms with Crippen LogP contribution in [0, 0.1) is 20.2 Å². The van der Waals surface area contributed by atoms with Crippen molar-refractivity contribution in [2.24, 2.45) is 5.73 Å². The van der Waals surface area contributed by atoms with Crippen molar-refractivity contribution in [3.8, 4) is 0 Å². The van der Waals surface area contributed by atoms with Crippen molar-refractivity contribution in [1.29, 1.82) is 0 Å². The van der Waals surface area contributed by atoms with Crippen LogP contribution in [0.25, 0.3) is 0 Å². The van der Waals surface area contributed by atoms with Gasteiger partial charge in [-0.15, -0.1) is 0 Å². The first kappa shape index (κ1) is 16.8. The molecule has 0 aliphatic heterocycles. The Balaban J connectivity index is 2.79. The fraction of sp³-hybridized carbons (Fsp3) is 0.500. The third-order valence-electron chi connectivity index (χ3n) is 2.91. The van der Waals surface area contributed by atoms with Crippen LogP contribution in [0.15, 0.2) is 18.2 Å². The highest BCUT2D eigenvalue weighted by Crippen LogP contribution is 2.29. The van der Waals surface area contributed by atoms with Crippen LogP contribution in [0.4, 0.5) is 17.1 Å². The Kier molecular flexibility index (Phi) is 5.56. The summed E-state index contributed by atoms with van der Waals surface area (Å²) in [5.74, 6) is 0. The molecule has 0 bridgehead atoms. The average Bonchev–Trinajstić information content (AvgIpc) is 2.38. The molecule has 0 fully saturated rings. The molecule has 9 nitrogen and oxygen atoms in total. The topological polar surface area (TPSA) is 134 Å². The minimum absolute atomic E-state index is 0.0880. The molecule has 1 rings (SSSR count). The van der Waals surface area contributed by atoms with E-state index in [2.05, 4.69) is 5.32 Å². The van der Waals surface area contributed by atoms with Crippen molar-refractivity contribution in [2.45, 2.75) is 25.9 Å². The van der Waals surface area contributed by atoms with E-state index in [0.29, 0.717) is 13.0 Å². The Bertz CT molecular complexity index is 532. The molecule has 1 aromatic rings. The van der Waals surface area contributed by atoms with E-state index in [1.807, 2.05) is 13.8 Å². The monoisotopic (exact) mass is 298 g/mol. The third kappa shape index (κ3) is 4.97. The highest BCUT2D eigenvalue weighted by atomic mass is 16.6. The van der Waals surface area contributed by atoms with Crippen LogP contribution in [-0.2, 0) is 4.74 Å². The predicted octanol–water partition coefficient (Wildman–Crippen LogP) is 2.02. The lowest BCUT2D eigenvalue weighted by molar-refractivity contribution is -0.393. The fourth-order valence-corrected chi connectivity index (χ4v) is 1.73. The van der Waals surface area contributed by atoms with Gasteiger partial charge in [0.1, 0.15) is 5.69 Å². The van der Waals surface area contributed by atoms with E-state index in [-0.39, 0.29) is 23.8 Å². The Labute approximate surface area is 121 Å². The summed E-state index contributed by atoms with van der Waals surface area (Å²) >= 11 is 0. The number of nitrogens with two attached hydrogens (primary N) is 1. The van der Waals surface area contributed by atoms with Crippen LogP contribution in [0.1, 0.15) is 20.3 Å². The zero-order valence-corrected chi connectivity index (χ0v) is 11.9. The molecular formula is C12H18N4O5. The zero-order valence-electron chi connectivity index (χ0n) is 11.9. The van der Waals surface area contributed by atoms with Gasteiger partial charge in [0.2, 0.25) is 0 Å². The molecule has 0 saturated carbocycles. The van der Waals surface area contributed by atoms with Crippen LogP contribution in [0.2, 0.25) is 0 Å². The van der Waals surface area contributed by atoms with E-state index in [4.69, 9.17) is 10.5 Å². The quantitative estimate of drug-likeness (QED) is 0.426. The second-order valence-electron chi connectivity index (χ2n) is 4.96. The van der Waals surface area contributed by atoms with Crippen molar-refractivity contribution in [1.82, 2.24) is 0 Å². The molecule has 0 atom stereocenters. The fourth-order valence-electron chi connectivity index (χ4n) is 1.73. The van der Waals surface area contributed by atoms with Crippen molar-refractivity contribution in [3.63, 3.8) is 0 Å². The third-order valence-corrected chi connectivity index (χ3v) is 2.91. The molecule has 116 valence electrons. The van der Waals surface area contributed by atoms with Crippen LogP contribution in [-0.4, -0.2) is 28.7 Å². The number of nitro benzene ring substituents is 2. The standard InChI is InChI=1S/C12H18N4O5/c1-12(2,21-8-13)5-6-14-10-4-3-9(15(17)18)7-11(10)16(19)20/h3-4,7,14H,5-6,8,13H2,1-2H3. The van der Waals surface area contributed by atoms with Crippen molar-refractivity contribution in [2.75, 3.05) is 18.6 Å². The van der Waals surface area contributed by atoms with Gasteiger partial charge in [0.25, 0.3) is 11.4 Å². The molecule has 3 N–H and O–H groups in total. The summed E-state index contributed by atoms with van der Waals surface area (Å²) in [6, 6.07) is 3.48. The molecule has 21 heavy (non-hydrogen) atoms. The summed E-state index contributed by atoms with van der Waals surface area (Å²) in [5, 5.41) is 24.5. The van der Waals surface area contributed by atoms with Gasteiger partial charge < -0.3 is 15.8 Å². The number of hydrogen-bond acceptors (Lipinski definition) is 7. The largest absolute Gasteiger partial charge is 0.379 e. The normalized spacial score (nSPS) is 11.2. The molecule has 0 heterocycles. The molecule has 0 unspecified atom stereocenters. The Hall–Kier alpha value is -2.26. The minimum Gasteiger partial charge on any atom is -0.379 e. The highest BCUT2D eigenvalue weighted by Gasteiger charge is 2.21. The maximum atomic E-state index is 11.0. The van der Waals surface area contributed by atoms with Crippen molar-refractivity contribution < 1.29 is 14.6 Å². The van der Waals surface area contributed by atoms with E-state index < -0.39 is 15.4 Å². The SMILES string of the molecule is CC(C)(CCNc1ccc([N+](=O)[O-])cc1[N+](=O)[O-])OCN. The number of rotatable bonds is 8. The van der Waals surface area contributed by atoms with Crippen molar-refractivity contribution >= 4 is 17.1 Å². The average molecular weight is 298 g/mol. The number of nitrogens with one attached hydrogen (secondary N) is 1. The van der Waals surface area contributed by atoms with Gasteiger partial charge in [-0.05, 0) is 26.3 Å². The Morgan fingerprint density at radius 1 is 1.29 bits per heavy atom. The molecule has 0 saturated heterocycles. The van der Waals surface area contributed by atoms with Crippen molar-refractivity contribution in [3.05, 3.63) is 38.4 Å². The van der Waals surface area contributed by atoms with Crippen LogP contribution < -0.4 is 11.1 Å².